The normalized spacial score (nSPS) is 19.0. The molecule has 0 radical (unpaired) electrons. The van der Waals surface area contributed by atoms with E-state index in [1.54, 1.807) is 37.4 Å². The van der Waals surface area contributed by atoms with Crippen LogP contribution in [0.25, 0.3) is 0 Å². The Bertz CT molecular complexity index is 1180. The third-order valence-electron chi connectivity index (χ3n) is 4.86. The molecule has 32 heavy (non-hydrogen) atoms. The zero-order chi connectivity index (χ0) is 22.7. The molecule has 2 aromatic carbocycles. The van der Waals surface area contributed by atoms with E-state index in [2.05, 4.69) is 9.71 Å². The summed E-state index contributed by atoms with van der Waals surface area (Å²) in [6, 6.07) is 13.6. The number of aliphatic imine (C=N–C) groups is 1. The minimum absolute atomic E-state index is 0.0655. The topological polar surface area (TPSA) is 124 Å². The van der Waals surface area contributed by atoms with Crippen molar-refractivity contribution in [3.8, 4) is 11.5 Å². The van der Waals surface area contributed by atoms with Gasteiger partial charge in [-0.3, -0.25) is 19.3 Å². The Morgan fingerprint density at radius 2 is 1.88 bits per heavy atom. The molecule has 0 unspecified atom stereocenters. The van der Waals surface area contributed by atoms with E-state index >= 15 is 0 Å². The molecule has 4 rings (SSSR count). The van der Waals surface area contributed by atoms with Crippen LogP contribution in [0.1, 0.15) is 5.56 Å². The predicted octanol–water partition coefficient (Wildman–Crippen LogP) is 0.567. The first kappa shape index (κ1) is 21.6. The Kier molecular flexibility index (Phi) is 5.99. The molecular formula is C21H21N3O7S. The molecule has 1 atom stereocenters. The number of esters is 1. The van der Waals surface area contributed by atoms with Gasteiger partial charge >= 0.3 is 5.97 Å². The van der Waals surface area contributed by atoms with Gasteiger partial charge in [-0.15, -0.1) is 0 Å². The van der Waals surface area contributed by atoms with Gasteiger partial charge in [-0.1, -0.05) is 24.3 Å². The van der Waals surface area contributed by atoms with Crippen molar-refractivity contribution in [1.29, 1.82) is 0 Å². The number of carbonyl (C=O) groups excluding carboxylic acids is 2. The van der Waals surface area contributed by atoms with Crippen LogP contribution in [0.4, 0.5) is 0 Å². The van der Waals surface area contributed by atoms with E-state index in [4.69, 9.17) is 14.2 Å². The van der Waals surface area contributed by atoms with Gasteiger partial charge in [0.15, 0.2) is 24.2 Å². The molecule has 2 aromatic rings. The Hall–Kier alpha value is -3.60. The van der Waals surface area contributed by atoms with Crippen molar-refractivity contribution in [3.63, 3.8) is 0 Å². The fraction of sp³-hybridized carbons (Fsp3) is 0.286. The third kappa shape index (κ3) is 4.67. The first-order valence-corrected chi connectivity index (χ1v) is 11.3. The number of nitrogens with zero attached hydrogens (tertiary/aromatic N) is 2. The molecule has 0 aliphatic carbocycles. The predicted molar refractivity (Wildman–Crippen MR) is 113 cm³/mol. The number of amides is 1. The third-order valence-corrected chi connectivity index (χ3v) is 6.25. The van der Waals surface area contributed by atoms with Gasteiger partial charge in [0.05, 0.1) is 11.4 Å². The highest BCUT2D eigenvalue weighted by Gasteiger charge is 2.30. The summed E-state index contributed by atoms with van der Waals surface area (Å²) in [4.78, 5) is 29.8. The molecule has 168 valence electrons. The van der Waals surface area contributed by atoms with E-state index in [0.29, 0.717) is 23.7 Å². The number of ether oxygens (including phenoxy) is 3. The first-order chi connectivity index (χ1) is 15.3. The van der Waals surface area contributed by atoms with E-state index < -0.39 is 35.1 Å². The lowest BCUT2D eigenvalue weighted by atomic mass is 10.2. The quantitative estimate of drug-likeness (QED) is 0.626. The van der Waals surface area contributed by atoms with E-state index in [9.17, 15) is 18.0 Å². The molecule has 0 saturated heterocycles. The fourth-order valence-corrected chi connectivity index (χ4v) is 4.50. The number of hydrogen-bond donors (Lipinski definition) is 1. The highest BCUT2D eigenvalue weighted by atomic mass is 32.2. The van der Waals surface area contributed by atoms with Crippen LogP contribution < -0.4 is 14.2 Å². The van der Waals surface area contributed by atoms with Crippen LogP contribution >= 0.6 is 0 Å². The van der Waals surface area contributed by atoms with Gasteiger partial charge in [0.25, 0.3) is 15.9 Å². The zero-order valence-corrected chi connectivity index (χ0v) is 18.0. The highest BCUT2D eigenvalue weighted by molar-refractivity contribution is 7.90. The number of sulfonamides is 1. The second kappa shape index (κ2) is 8.87. The Labute approximate surface area is 184 Å². The molecule has 0 saturated carbocycles. The van der Waals surface area contributed by atoms with Gasteiger partial charge < -0.3 is 19.1 Å². The van der Waals surface area contributed by atoms with Gasteiger partial charge in [-0.2, -0.15) is 0 Å². The average Bonchev–Trinajstić information content (AvgIpc) is 3.06. The summed E-state index contributed by atoms with van der Waals surface area (Å²) in [5, 5.41) is 0. The summed E-state index contributed by atoms with van der Waals surface area (Å²) in [7, 11) is -2.11. The van der Waals surface area contributed by atoms with E-state index in [1.807, 2.05) is 12.1 Å². The fourth-order valence-electron chi connectivity index (χ4n) is 3.25. The summed E-state index contributed by atoms with van der Waals surface area (Å²) in [5.41, 5.74) is 0.382. The van der Waals surface area contributed by atoms with Crippen molar-refractivity contribution >= 4 is 27.7 Å². The Morgan fingerprint density at radius 1 is 1.16 bits per heavy atom. The molecule has 2 aliphatic heterocycles. The molecule has 2 heterocycles. The number of benzene rings is 2. The molecule has 0 aromatic heterocycles. The standard InChI is InChI=1S/C21H21N3O7S/c1-24(11-14-12-29-16-7-3-4-8-17(16)31-14)19(25)13-30-20(26)10-22-21-15-6-2-5-9-18(15)32(27,28)23-21/h2-9,14H,10-13H2,1H3,(H,22,23)/t14-/m1/s1. The first-order valence-electron chi connectivity index (χ1n) is 9.78. The van der Waals surface area contributed by atoms with Gasteiger partial charge in [-0.05, 0) is 24.3 Å². The summed E-state index contributed by atoms with van der Waals surface area (Å²) < 4.78 is 42.8. The molecule has 2 aliphatic rings. The molecule has 1 N–H and O–H groups in total. The molecule has 11 heteroatoms. The number of carbonyl (C=O) groups is 2. The SMILES string of the molecule is CN(C[C@@H]1COc2ccccc2O1)C(=O)COC(=O)CN=C1NS(=O)(=O)c2ccccc21. The number of amidine groups is 1. The zero-order valence-electron chi connectivity index (χ0n) is 17.2. The molecular weight excluding hydrogens is 438 g/mol. The van der Waals surface area contributed by atoms with Crippen LogP contribution in [-0.2, 0) is 24.3 Å². The van der Waals surface area contributed by atoms with Gasteiger partial charge in [-0.25, -0.2) is 8.42 Å². The maximum absolute atomic E-state index is 12.3. The molecule has 1 amide bonds. The van der Waals surface area contributed by atoms with Crippen molar-refractivity contribution in [1.82, 2.24) is 9.62 Å². The second-order valence-electron chi connectivity index (χ2n) is 7.20. The molecule has 0 spiro atoms. The van der Waals surface area contributed by atoms with Crippen LogP contribution in [0.2, 0.25) is 0 Å². The molecule has 10 nitrogen and oxygen atoms in total. The van der Waals surface area contributed by atoms with E-state index in [1.165, 1.54) is 11.0 Å². The molecule has 0 fully saturated rings. The summed E-state index contributed by atoms with van der Waals surface area (Å²) in [5.74, 6) is 0.157. The number of fused-ring (bicyclic) bond motifs is 2. The van der Waals surface area contributed by atoms with Crippen molar-refractivity contribution in [2.75, 3.05) is 33.4 Å². The van der Waals surface area contributed by atoms with Crippen molar-refractivity contribution in [3.05, 3.63) is 54.1 Å². The maximum Gasteiger partial charge on any atom is 0.328 e. The minimum atomic E-state index is -3.69. The average molecular weight is 459 g/mol. The smallest absolute Gasteiger partial charge is 0.328 e. The monoisotopic (exact) mass is 459 g/mol. The summed E-state index contributed by atoms with van der Waals surface area (Å²) >= 11 is 0. The Morgan fingerprint density at radius 3 is 2.69 bits per heavy atom. The van der Waals surface area contributed by atoms with Gasteiger partial charge in [0.1, 0.15) is 19.0 Å². The van der Waals surface area contributed by atoms with Gasteiger partial charge in [0.2, 0.25) is 0 Å². The largest absolute Gasteiger partial charge is 0.486 e. The number of para-hydroxylation sites is 2. The lowest BCUT2D eigenvalue weighted by molar-refractivity contribution is -0.150. The summed E-state index contributed by atoms with van der Waals surface area (Å²) in [6.45, 7) is -0.346. The number of nitrogens with one attached hydrogen (secondary N) is 1. The highest BCUT2D eigenvalue weighted by Crippen LogP contribution is 2.31. The van der Waals surface area contributed by atoms with Gasteiger partial charge in [0, 0.05) is 12.6 Å². The van der Waals surface area contributed by atoms with Crippen LogP contribution in [0.3, 0.4) is 0 Å². The minimum Gasteiger partial charge on any atom is -0.486 e. The van der Waals surface area contributed by atoms with Crippen molar-refractivity contribution in [2.45, 2.75) is 11.0 Å². The number of likely N-dealkylation sites (N-methyl/N-ethyl adjacent to an activating group) is 1. The lowest BCUT2D eigenvalue weighted by Crippen LogP contribution is -2.43. The maximum atomic E-state index is 12.3. The molecule has 0 bridgehead atoms. The van der Waals surface area contributed by atoms with E-state index in [0.717, 1.165) is 0 Å². The second-order valence-corrected chi connectivity index (χ2v) is 8.85. The van der Waals surface area contributed by atoms with Crippen molar-refractivity contribution in [2.24, 2.45) is 4.99 Å². The lowest BCUT2D eigenvalue weighted by Gasteiger charge is -2.29. The van der Waals surface area contributed by atoms with Crippen LogP contribution in [0, 0.1) is 0 Å². The summed E-state index contributed by atoms with van der Waals surface area (Å²) in [6.07, 6.45) is -0.351. The van der Waals surface area contributed by atoms with E-state index in [-0.39, 0.29) is 23.4 Å². The van der Waals surface area contributed by atoms with Crippen molar-refractivity contribution < 1.29 is 32.2 Å². The van der Waals surface area contributed by atoms with Crippen LogP contribution in [0.5, 0.6) is 11.5 Å². The number of rotatable bonds is 6. The van der Waals surface area contributed by atoms with Crippen LogP contribution in [-0.4, -0.2) is 70.5 Å². The number of hydrogen-bond acceptors (Lipinski definition) is 8. The van der Waals surface area contributed by atoms with Crippen LogP contribution in [0.15, 0.2) is 58.4 Å². The Balaban J connectivity index is 1.26.